The Balaban J connectivity index is 1.56. The minimum absolute atomic E-state index is 0.0230. The smallest absolute Gasteiger partial charge is 0.338 e. The number of rotatable bonds is 5. The van der Waals surface area contributed by atoms with Crippen molar-refractivity contribution >= 4 is 21.9 Å². The third-order valence-corrected chi connectivity index (χ3v) is 7.03. The highest BCUT2D eigenvalue weighted by Gasteiger charge is 2.33. The molecule has 1 amide bonds. The minimum Gasteiger partial charge on any atom is -0.452 e. The fraction of sp³-hybridized carbons (Fsp3) is 0.579. The summed E-state index contributed by atoms with van der Waals surface area (Å²) in [5, 5.41) is 0. The molecule has 148 valence electrons. The second kappa shape index (κ2) is 8.39. The van der Waals surface area contributed by atoms with Crippen LogP contribution in [-0.2, 0) is 19.6 Å². The van der Waals surface area contributed by atoms with Gasteiger partial charge in [0.1, 0.15) is 0 Å². The maximum Gasteiger partial charge on any atom is 0.338 e. The molecule has 1 aliphatic heterocycles. The molecule has 1 N–H and O–H groups in total. The summed E-state index contributed by atoms with van der Waals surface area (Å²) >= 11 is 0. The van der Waals surface area contributed by atoms with Crippen LogP contribution in [0.1, 0.15) is 42.5 Å². The maximum atomic E-state index is 12.4. The summed E-state index contributed by atoms with van der Waals surface area (Å²) in [6, 6.07) is 5.57. The fourth-order valence-corrected chi connectivity index (χ4v) is 4.81. The molecule has 2 aliphatic rings. The van der Waals surface area contributed by atoms with E-state index in [0.717, 1.165) is 18.9 Å². The lowest BCUT2D eigenvalue weighted by molar-refractivity contribution is -0.137. The van der Waals surface area contributed by atoms with Crippen molar-refractivity contribution < 1.29 is 22.7 Å². The number of piperidine rings is 1. The second-order valence-corrected chi connectivity index (χ2v) is 9.13. The highest BCUT2D eigenvalue weighted by Crippen LogP contribution is 2.36. The van der Waals surface area contributed by atoms with Gasteiger partial charge in [-0.2, -0.15) is 0 Å². The molecule has 1 aliphatic carbocycles. The molecule has 1 saturated carbocycles. The van der Waals surface area contributed by atoms with Crippen LogP contribution in [0.4, 0.5) is 0 Å². The summed E-state index contributed by atoms with van der Waals surface area (Å²) in [7, 11) is -2.35. The van der Waals surface area contributed by atoms with Crippen molar-refractivity contribution in [2.45, 2.75) is 37.0 Å². The summed E-state index contributed by atoms with van der Waals surface area (Å²) < 4.78 is 31.0. The quantitative estimate of drug-likeness (QED) is 0.769. The van der Waals surface area contributed by atoms with Gasteiger partial charge in [-0.1, -0.05) is 25.3 Å². The molecule has 2 atom stereocenters. The van der Waals surface area contributed by atoms with Crippen LogP contribution in [0, 0.1) is 11.8 Å². The average molecular weight is 394 g/mol. The number of fused-ring (bicyclic) bond motifs is 1. The summed E-state index contributed by atoms with van der Waals surface area (Å²) in [6.45, 7) is 1.14. The van der Waals surface area contributed by atoms with E-state index in [9.17, 15) is 18.0 Å². The van der Waals surface area contributed by atoms with Crippen molar-refractivity contribution in [1.29, 1.82) is 0 Å². The van der Waals surface area contributed by atoms with Crippen molar-refractivity contribution in [3.05, 3.63) is 29.8 Å². The Labute approximate surface area is 160 Å². The fourth-order valence-electron chi connectivity index (χ4n) is 4.04. The van der Waals surface area contributed by atoms with Gasteiger partial charge in [0.25, 0.3) is 5.91 Å². The molecule has 0 unspecified atom stereocenters. The van der Waals surface area contributed by atoms with E-state index in [1.165, 1.54) is 57.0 Å². The average Bonchev–Trinajstić information content (AvgIpc) is 2.71. The largest absolute Gasteiger partial charge is 0.452 e. The number of sulfonamides is 1. The van der Waals surface area contributed by atoms with Crippen molar-refractivity contribution in [3.8, 4) is 0 Å². The standard InChI is InChI=1S/C19H26N2O5S/c1-20-27(24,25)17-8-4-7-15(11-17)19(23)26-13-18(22)21-10-9-14-5-2-3-6-16(14)12-21/h4,7-8,11,14,16,20H,2-3,5-6,9-10,12-13H2,1H3/t14-,16-/m1/s1. The van der Waals surface area contributed by atoms with Gasteiger partial charge in [-0.15, -0.1) is 0 Å². The van der Waals surface area contributed by atoms with Crippen LogP contribution >= 0.6 is 0 Å². The Morgan fingerprint density at radius 3 is 2.67 bits per heavy atom. The lowest BCUT2D eigenvalue weighted by Crippen LogP contribution is -2.46. The molecular formula is C19H26N2O5S. The Morgan fingerprint density at radius 2 is 1.93 bits per heavy atom. The summed E-state index contributed by atoms with van der Waals surface area (Å²) in [4.78, 5) is 26.4. The molecule has 0 aromatic heterocycles. The number of benzene rings is 1. The summed E-state index contributed by atoms with van der Waals surface area (Å²) in [5.74, 6) is 0.397. The number of amides is 1. The van der Waals surface area contributed by atoms with Gasteiger partial charge in [0.15, 0.2) is 6.61 Å². The number of esters is 1. The first-order chi connectivity index (χ1) is 12.9. The van der Waals surface area contributed by atoms with E-state index in [4.69, 9.17) is 4.74 Å². The molecule has 1 aromatic carbocycles. The van der Waals surface area contributed by atoms with Gasteiger partial charge in [0.2, 0.25) is 10.0 Å². The SMILES string of the molecule is CNS(=O)(=O)c1cccc(C(=O)OCC(=O)N2CC[C@H]3CCCC[C@@H]3C2)c1. The van der Waals surface area contributed by atoms with Gasteiger partial charge in [0, 0.05) is 13.1 Å². The van der Waals surface area contributed by atoms with Crippen LogP contribution in [0.2, 0.25) is 0 Å². The molecule has 27 heavy (non-hydrogen) atoms. The zero-order valence-electron chi connectivity index (χ0n) is 15.5. The van der Waals surface area contributed by atoms with Gasteiger partial charge in [-0.25, -0.2) is 17.9 Å². The maximum absolute atomic E-state index is 12.4. The predicted octanol–water partition coefficient (Wildman–Crippen LogP) is 1.79. The first-order valence-electron chi connectivity index (χ1n) is 9.39. The van der Waals surface area contributed by atoms with Crippen LogP contribution in [0.5, 0.6) is 0 Å². The van der Waals surface area contributed by atoms with Crippen LogP contribution in [0.15, 0.2) is 29.2 Å². The van der Waals surface area contributed by atoms with E-state index in [0.29, 0.717) is 12.5 Å². The molecule has 0 spiro atoms. The minimum atomic E-state index is -3.65. The van der Waals surface area contributed by atoms with Crippen LogP contribution in [-0.4, -0.2) is 51.9 Å². The van der Waals surface area contributed by atoms with Gasteiger partial charge in [-0.3, -0.25) is 4.79 Å². The van der Waals surface area contributed by atoms with E-state index in [-0.39, 0.29) is 23.0 Å². The second-order valence-electron chi connectivity index (χ2n) is 7.24. The zero-order chi connectivity index (χ0) is 19.4. The lowest BCUT2D eigenvalue weighted by atomic mass is 9.75. The molecule has 3 rings (SSSR count). The number of carbonyl (C=O) groups excluding carboxylic acids is 2. The Kier molecular flexibility index (Phi) is 6.16. The van der Waals surface area contributed by atoms with Crippen molar-refractivity contribution in [2.75, 3.05) is 26.7 Å². The van der Waals surface area contributed by atoms with Crippen LogP contribution in [0.25, 0.3) is 0 Å². The number of nitrogens with one attached hydrogen (secondary N) is 1. The lowest BCUT2D eigenvalue weighted by Gasteiger charge is -2.41. The van der Waals surface area contributed by atoms with Crippen LogP contribution in [0.3, 0.4) is 0 Å². The Hall–Kier alpha value is -1.93. The molecular weight excluding hydrogens is 368 g/mol. The number of hydrogen-bond donors (Lipinski definition) is 1. The van der Waals surface area contributed by atoms with Gasteiger partial charge >= 0.3 is 5.97 Å². The first-order valence-corrected chi connectivity index (χ1v) is 10.9. The van der Waals surface area contributed by atoms with Gasteiger partial charge in [-0.05, 0) is 49.9 Å². The number of likely N-dealkylation sites (tertiary alicyclic amines) is 1. The highest BCUT2D eigenvalue weighted by atomic mass is 32.2. The summed E-state index contributed by atoms with van der Waals surface area (Å²) in [6.07, 6.45) is 5.96. The number of hydrogen-bond acceptors (Lipinski definition) is 5. The van der Waals surface area contributed by atoms with Crippen molar-refractivity contribution in [2.24, 2.45) is 11.8 Å². The molecule has 0 bridgehead atoms. The van der Waals surface area contributed by atoms with E-state index < -0.39 is 16.0 Å². The van der Waals surface area contributed by atoms with Gasteiger partial charge < -0.3 is 9.64 Å². The third-order valence-electron chi connectivity index (χ3n) is 5.62. The monoisotopic (exact) mass is 394 g/mol. The predicted molar refractivity (Wildman–Crippen MR) is 99.6 cm³/mol. The molecule has 8 heteroatoms. The third kappa shape index (κ3) is 4.68. The molecule has 1 heterocycles. The Morgan fingerprint density at radius 1 is 1.19 bits per heavy atom. The van der Waals surface area contributed by atoms with E-state index in [1.54, 1.807) is 4.90 Å². The summed E-state index contributed by atoms with van der Waals surface area (Å²) in [5.41, 5.74) is 0.102. The molecule has 2 fully saturated rings. The van der Waals surface area contributed by atoms with E-state index >= 15 is 0 Å². The number of nitrogens with zero attached hydrogens (tertiary/aromatic N) is 1. The molecule has 1 aromatic rings. The molecule has 0 radical (unpaired) electrons. The normalized spacial score (nSPS) is 22.8. The van der Waals surface area contributed by atoms with E-state index in [1.807, 2.05) is 0 Å². The van der Waals surface area contributed by atoms with Crippen molar-refractivity contribution in [1.82, 2.24) is 9.62 Å². The highest BCUT2D eigenvalue weighted by molar-refractivity contribution is 7.89. The van der Waals surface area contributed by atoms with Crippen LogP contribution < -0.4 is 4.72 Å². The van der Waals surface area contributed by atoms with Gasteiger partial charge in [0.05, 0.1) is 10.5 Å². The first kappa shape index (κ1) is 19.8. The number of carbonyl (C=O) groups is 2. The number of ether oxygens (including phenoxy) is 1. The van der Waals surface area contributed by atoms with Crippen molar-refractivity contribution in [3.63, 3.8) is 0 Å². The topological polar surface area (TPSA) is 92.8 Å². The molecule has 7 nitrogen and oxygen atoms in total. The Bertz CT molecular complexity index is 808. The van der Waals surface area contributed by atoms with E-state index in [2.05, 4.69) is 4.72 Å². The molecule has 1 saturated heterocycles. The zero-order valence-corrected chi connectivity index (χ0v) is 16.3.